The molecule has 0 saturated heterocycles. The molecule has 1 atom stereocenters. The standard InChI is InChI=1S/C17H16N2O3/c1-18-17(21)5-4-12(9-20)14-10-22-16-8-15-11(7-13(14)16)3-2-6-19-15/h2-3,6-10,12H,4-5H2,1H3,(H,18,21). The molecule has 1 amide bonds. The Bertz CT molecular complexity index is 838. The fourth-order valence-corrected chi connectivity index (χ4v) is 2.61. The number of nitrogens with one attached hydrogen (secondary N) is 1. The molecule has 1 N–H and O–H groups in total. The molecule has 0 aliphatic carbocycles. The van der Waals surface area contributed by atoms with E-state index in [0.29, 0.717) is 18.4 Å². The smallest absolute Gasteiger partial charge is 0.219 e. The number of fused-ring (bicyclic) bond motifs is 2. The number of pyridine rings is 1. The van der Waals surface area contributed by atoms with Crippen LogP contribution in [0.2, 0.25) is 0 Å². The fourth-order valence-electron chi connectivity index (χ4n) is 2.61. The Balaban J connectivity index is 2.00. The van der Waals surface area contributed by atoms with E-state index in [9.17, 15) is 9.59 Å². The maximum Gasteiger partial charge on any atom is 0.219 e. The summed E-state index contributed by atoms with van der Waals surface area (Å²) in [6.45, 7) is 0. The van der Waals surface area contributed by atoms with E-state index in [2.05, 4.69) is 10.3 Å². The number of amides is 1. The number of aldehydes is 1. The maximum absolute atomic E-state index is 11.4. The van der Waals surface area contributed by atoms with E-state index in [-0.39, 0.29) is 11.8 Å². The van der Waals surface area contributed by atoms with Crippen LogP contribution in [0.25, 0.3) is 21.9 Å². The van der Waals surface area contributed by atoms with E-state index in [0.717, 1.165) is 28.1 Å². The average molecular weight is 296 g/mol. The van der Waals surface area contributed by atoms with Crippen LogP contribution in [-0.2, 0) is 9.59 Å². The molecule has 0 aliphatic rings. The lowest BCUT2D eigenvalue weighted by Crippen LogP contribution is -2.18. The summed E-state index contributed by atoms with van der Waals surface area (Å²) < 4.78 is 5.57. The van der Waals surface area contributed by atoms with Crippen molar-refractivity contribution in [2.75, 3.05) is 7.05 Å². The largest absolute Gasteiger partial charge is 0.464 e. The van der Waals surface area contributed by atoms with E-state index in [1.165, 1.54) is 0 Å². The van der Waals surface area contributed by atoms with Crippen LogP contribution in [0.1, 0.15) is 24.3 Å². The molecule has 0 fully saturated rings. The van der Waals surface area contributed by atoms with Crippen LogP contribution in [0.15, 0.2) is 41.1 Å². The van der Waals surface area contributed by atoms with E-state index in [1.54, 1.807) is 19.5 Å². The van der Waals surface area contributed by atoms with Gasteiger partial charge in [0.1, 0.15) is 11.9 Å². The van der Waals surface area contributed by atoms with Crippen LogP contribution in [0.5, 0.6) is 0 Å². The molecular formula is C17H16N2O3. The summed E-state index contributed by atoms with van der Waals surface area (Å²) >= 11 is 0. The van der Waals surface area contributed by atoms with E-state index in [4.69, 9.17) is 4.42 Å². The highest BCUT2D eigenvalue weighted by molar-refractivity contribution is 5.96. The lowest BCUT2D eigenvalue weighted by atomic mass is 9.94. The summed E-state index contributed by atoms with van der Waals surface area (Å²) in [7, 11) is 1.59. The van der Waals surface area contributed by atoms with Crippen molar-refractivity contribution in [1.82, 2.24) is 10.3 Å². The Morgan fingerprint density at radius 3 is 3.09 bits per heavy atom. The summed E-state index contributed by atoms with van der Waals surface area (Å²) in [5, 5.41) is 4.46. The monoisotopic (exact) mass is 296 g/mol. The predicted octanol–water partition coefficient (Wildman–Crippen LogP) is 2.79. The van der Waals surface area contributed by atoms with Crippen molar-refractivity contribution in [2.45, 2.75) is 18.8 Å². The van der Waals surface area contributed by atoms with Crippen molar-refractivity contribution in [3.05, 3.63) is 42.3 Å². The molecule has 0 bridgehead atoms. The van der Waals surface area contributed by atoms with Crippen LogP contribution in [0, 0.1) is 0 Å². The zero-order valence-electron chi connectivity index (χ0n) is 12.2. The molecular weight excluding hydrogens is 280 g/mol. The SMILES string of the molecule is CNC(=O)CCC(C=O)c1coc2cc3ncccc3cc12. The summed E-state index contributed by atoms with van der Waals surface area (Å²) in [6.07, 6.45) is 4.98. The molecule has 3 aromatic rings. The minimum absolute atomic E-state index is 0.0747. The van der Waals surface area contributed by atoms with Gasteiger partial charge in [0, 0.05) is 48.0 Å². The van der Waals surface area contributed by atoms with Gasteiger partial charge in [-0.1, -0.05) is 6.07 Å². The zero-order valence-corrected chi connectivity index (χ0v) is 12.2. The Morgan fingerprint density at radius 1 is 1.45 bits per heavy atom. The molecule has 3 rings (SSSR count). The Morgan fingerprint density at radius 2 is 2.32 bits per heavy atom. The molecule has 1 aromatic carbocycles. The molecule has 5 nitrogen and oxygen atoms in total. The van der Waals surface area contributed by atoms with Crippen LogP contribution >= 0.6 is 0 Å². The average Bonchev–Trinajstić information content (AvgIpc) is 2.96. The lowest BCUT2D eigenvalue weighted by Gasteiger charge is -2.08. The third-order valence-corrected chi connectivity index (χ3v) is 3.85. The molecule has 0 radical (unpaired) electrons. The number of carbonyl (C=O) groups is 2. The van der Waals surface area contributed by atoms with Crippen LogP contribution in [0.4, 0.5) is 0 Å². The number of furan rings is 1. The lowest BCUT2D eigenvalue weighted by molar-refractivity contribution is -0.120. The number of nitrogens with zero attached hydrogens (tertiary/aromatic N) is 1. The van der Waals surface area contributed by atoms with Gasteiger partial charge in [-0.05, 0) is 18.6 Å². The quantitative estimate of drug-likeness (QED) is 0.735. The van der Waals surface area contributed by atoms with Gasteiger partial charge in [-0.2, -0.15) is 0 Å². The number of hydrogen-bond acceptors (Lipinski definition) is 4. The van der Waals surface area contributed by atoms with E-state index >= 15 is 0 Å². The summed E-state index contributed by atoms with van der Waals surface area (Å²) in [6, 6.07) is 7.69. The molecule has 2 aromatic heterocycles. The number of benzene rings is 1. The Labute approximate surface area is 127 Å². The van der Waals surface area contributed by atoms with Gasteiger partial charge in [0.05, 0.1) is 11.8 Å². The third kappa shape index (κ3) is 2.57. The van der Waals surface area contributed by atoms with Crippen LogP contribution in [-0.4, -0.2) is 24.2 Å². The van der Waals surface area contributed by atoms with Crippen molar-refractivity contribution in [3.8, 4) is 0 Å². The van der Waals surface area contributed by atoms with Gasteiger partial charge in [0.15, 0.2) is 0 Å². The zero-order chi connectivity index (χ0) is 15.5. The second-order valence-corrected chi connectivity index (χ2v) is 5.19. The van der Waals surface area contributed by atoms with Crippen molar-refractivity contribution >= 4 is 34.1 Å². The van der Waals surface area contributed by atoms with Crippen molar-refractivity contribution in [1.29, 1.82) is 0 Å². The molecule has 0 saturated carbocycles. The highest BCUT2D eigenvalue weighted by atomic mass is 16.3. The normalized spacial score (nSPS) is 12.4. The van der Waals surface area contributed by atoms with Crippen molar-refractivity contribution in [2.24, 2.45) is 0 Å². The fraction of sp³-hybridized carbons (Fsp3) is 0.235. The number of rotatable bonds is 5. The molecule has 0 aliphatic heterocycles. The minimum atomic E-state index is -0.354. The van der Waals surface area contributed by atoms with E-state index in [1.807, 2.05) is 24.3 Å². The molecule has 5 heteroatoms. The first-order chi connectivity index (χ1) is 10.7. The van der Waals surface area contributed by atoms with Gasteiger partial charge in [0.25, 0.3) is 0 Å². The van der Waals surface area contributed by atoms with Gasteiger partial charge in [-0.25, -0.2) is 0 Å². The third-order valence-electron chi connectivity index (χ3n) is 3.85. The van der Waals surface area contributed by atoms with Crippen molar-refractivity contribution < 1.29 is 14.0 Å². The van der Waals surface area contributed by atoms with Crippen LogP contribution in [0.3, 0.4) is 0 Å². The van der Waals surface area contributed by atoms with Gasteiger partial charge in [-0.3, -0.25) is 9.78 Å². The highest BCUT2D eigenvalue weighted by Gasteiger charge is 2.18. The maximum atomic E-state index is 11.4. The summed E-state index contributed by atoms with van der Waals surface area (Å²) in [5.41, 5.74) is 2.37. The predicted molar refractivity (Wildman–Crippen MR) is 83.6 cm³/mol. The Kier molecular flexibility index (Phi) is 3.87. The first-order valence-electron chi connectivity index (χ1n) is 7.14. The molecule has 22 heavy (non-hydrogen) atoms. The number of hydrogen-bond donors (Lipinski definition) is 1. The first kappa shape index (κ1) is 14.3. The highest BCUT2D eigenvalue weighted by Crippen LogP contribution is 2.32. The summed E-state index contributed by atoms with van der Waals surface area (Å²) in [4.78, 5) is 27.1. The molecule has 112 valence electrons. The van der Waals surface area contributed by atoms with E-state index < -0.39 is 0 Å². The topological polar surface area (TPSA) is 72.2 Å². The second-order valence-electron chi connectivity index (χ2n) is 5.19. The molecule has 2 heterocycles. The second kappa shape index (κ2) is 5.97. The minimum Gasteiger partial charge on any atom is -0.464 e. The first-order valence-corrected chi connectivity index (χ1v) is 7.14. The molecule has 1 unspecified atom stereocenters. The number of aromatic nitrogens is 1. The van der Waals surface area contributed by atoms with Gasteiger partial charge >= 0.3 is 0 Å². The van der Waals surface area contributed by atoms with Gasteiger partial charge < -0.3 is 14.5 Å². The van der Waals surface area contributed by atoms with Gasteiger partial charge in [0.2, 0.25) is 5.91 Å². The van der Waals surface area contributed by atoms with Crippen molar-refractivity contribution in [3.63, 3.8) is 0 Å². The van der Waals surface area contributed by atoms with Crippen LogP contribution < -0.4 is 5.32 Å². The van der Waals surface area contributed by atoms with Gasteiger partial charge in [-0.15, -0.1) is 0 Å². The Hall–Kier alpha value is -2.69. The summed E-state index contributed by atoms with van der Waals surface area (Å²) in [5.74, 6) is -0.429. The molecule has 0 spiro atoms. The number of carbonyl (C=O) groups excluding carboxylic acids is 2.